The molecule has 78 valence electrons. The number of nitrogens with zero attached hydrogens (tertiary/aromatic N) is 1. The second-order valence-corrected chi connectivity index (χ2v) is 3.89. The van der Waals surface area contributed by atoms with E-state index in [1.165, 1.54) is 32.4 Å². The molecule has 1 rings (SSSR count). The summed E-state index contributed by atoms with van der Waals surface area (Å²) in [6.07, 6.45) is 4.17. The standard InChI is InChI=1S/C10H21N.CH2O/c1-4-9-6-7-11(3)8-10(9)5-2;1-2/h9-10H,4-8H2,1-3H3;1H2. The van der Waals surface area contributed by atoms with Crippen molar-refractivity contribution in [1.29, 1.82) is 0 Å². The predicted octanol–water partition coefficient (Wildman–Crippen LogP) is 2.19. The zero-order chi connectivity index (χ0) is 10.3. The van der Waals surface area contributed by atoms with Gasteiger partial charge in [0, 0.05) is 6.54 Å². The van der Waals surface area contributed by atoms with Crippen molar-refractivity contribution >= 4 is 6.79 Å². The number of carbonyl (C=O) groups excluding carboxylic acids is 1. The molecule has 0 aliphatic carbocycles. The van der Waals surface area contributed by atoms with Crippen LogP contribution in [0.25, 0.3) is 0 Å². The van der Waals surface area contributed by atoms with E-state index in [4.69, 9.17) is 4.79 Å². The minimum atomic E-state index is 0.971. The van der Waals surface area contributed by atoms with E-state index in [-0.39, 0.29) is 0 Å². The molecule has 1 aliphatic heterocycles. The summed E-state index contributed by atoms with van der Waals surface area (Å²) in [6, 6.07) is 0. The van der Waals surface area contributed by atoms with Gasteiger partial charge in [-0.3, -0.25) is 0 Å². The van der Waals surface area contributed by atoms with Crippen molar-refractivity contribution in [2.45, 2.75) is 33.1 Å². The Kier molecular flexibility index (Phi) is 6.87. The van der Waals surface area contributed by atoms with E-state index in [0.29, 0.717) is 0 Å². The molecule has 0 amide bonds. The summed E-state index contributed by atoms with van der Waals surface area (Å²) in [5.74, 6) is 1.98. The number of rotatable bonds is 2. The summed E-state index contributed by atoms with van der Waals surface area (Å²) in [6.45, 7) is 9.30. The topological polar surface area (TPSA) is 20.3 Å². The normalized spacial score (nSPS) is 29.2. The molecule has 0 spiro atoms. The Bertz CT molecular complexity index is 127. The smallest absolute Gasteiger partial charge is 0.106 e. The Morgan fingerprint density at radius 2 is 1.77 bits per heavy atom. The minimum Gasteiger partial charge on any atom is -0.307 e. The van der Waals surface area contributed by atoms with Gasteiger partial charge in [0.25, 0.3) is 0 Å². The summed E-state index contributed by atoms with van der Waals surface area (Å²) < 4.78 is 0. The molecule has 0 aromatic rings. The van der Waals surface area contributed by atoms with Crippen LogP contribution >= 0.6 is 0 Å². The third-order valence-corrected chi connectivity index (χ3v) is 3.14. The summed E-state index contributed by atoms with van der Waals surface area (Å²) in [5, 5.41) is 0. The fourth-order valence-electron chi connectivity index (χ4n) is 2.26. The highest BCUT2D eigenvalue weighted by molar-refractivity contribution is 5.10. The van der Waals surface area contributed by atoms with Gasteiger partial charge in [0.1, 0.15) is 6.79 Å². The number of carbonyl (C=O) groups is 1. The molecule has 0 bridgehead atoms. The zero-order valence-corrected chi connectivity index (χ0v) is 9.25. The van der Waals surface area contributed by atoms with E-state index in [0.717, 1.165) is 11.8 Å². The predicted molar refractivity (Wildman–Crippen MR) is 56.8 cm³/mol. The maximum atomic E-state index is 8.00. The summed E-state index contributed by atoms with van der Waals surface area (Å²) >= 11 is 0. The second kappa shape index (κ2) is 7.07. The van der Waals surface area contributed by atoms with Crippen molar-refractivity contribution in [1.82, 2.24) is 4.90 Å². The van der Waals surface area contributed by atoms with Crippen LogP contribution in [0.3, 0.4) is 0 Å². The lowest BCUT2D eigenvalue weighted by atomic mass is 9.82. The van der Waals surface area contributed by atoms with Crippen LogP contribution in [0.5, 0.6) is 0 Å². The van der Waals surface area contributed by atoms with E-state index in [9.17, 15) is 0 Å². The first kappa shape index (κ1) is 12.6. The Balaban J connectivity index is 0.000000671. The zero-order valence-electron chi connectivity index (χ0n) is 9.25. The molecule has 1 fully saturated rings. The average molecular weight is 185 g/mol. The number of hydrogen-bond acceptors (Lipinski definition) is 2. The fourth-order valence-corrected chi connectivity index (χ4v) is 2.26. The third kappa shape index (κ3) is 3.90. The lowest BCUT2D eigenvalue weighted by Gasteiger charge is -2.35. The van der Waals surface area contributed by atoms with Crippen molar-refractivity contribution in [3.8, 4) is 0 Å². The molecule has 2 unspecified atom stereocenters. The van der Waals surface area contributed by atoms with Crippen LogP contribution in [0.1, 0.15) is 33.1 Å². The number of piperidine rings is 1. The van der Waals surface area contributed by atoms with Gasteiger partial charge in [-0.1, -0.05) is 26.7 Å². The van der Waals surface area contributed by atoms with Gasteiger partial charge in [-0.2, -0.15) is 0 Å². The van der Waals surface area contributed by atoms with Gasteiger partial charge >= 0.3 is 0 Å². The van der Waals surface area contributed by atoms with E-state index in [2.05, 4.69) is 25.8 Å². The molecular weight excluding hydrogens is 162 g/mol. The molecule has 0 radical (unpaired) electrons. The lowest BCUT2D eigenvalue weighted by Crippen LogP contribution is -2.37. The van der Waals surface area contributed by atoms with E-state index >= 15 is 0 Å². The van der Waals surface area contributed by atoms with E-state index < -0.39 is 0 Å². The van der Waals surface area contributed by atoms with Gasteiger partial charge in [0.15, 0.2) is 0 Å². The molecule has 1 aliphatic rings. The molecular formula is C11H23NO. The number of likely N-dealkylation sites (tertiary alicyclic amines) is 1. The molecule has 0 saturated carbocycles. The largest absolute Gasteiger partial charge is 0.307 e. The van der Waals surface area contributed by atoms with Crippen LogP contribution in [-0.2, 0) is 4.79 Å². The Morgan fingerprint density at radius 1 is 1.23 bits per heavy atom. The summed E-state index contributed by atoms with van der Waals surface area (Å²) in [5.41, 5.74) is 0. The lowest BCUT2D eigenvalue weighted by molar-refractivity contribution is -0.0979. The van der Waals surface area contributed by atoms with Gasteiger partial charge < -0.3 is 9.69 Å². The highest BCUT2D eigenvalue weighted by Gasteiger charge is 2.24. The Labute approximate surface area is 82.3 Å². The summed E-state index contributed by atoms with van der Waals surface area (Å²) in [4.78, 5) is 10.5. The first-order chi connectivity index (χ1) is 6.27. The minimum absolute atomic E-state index is 0.971. The van der Waals surface area contributed by atoms with Crippen LogP contribution in [0.2, 0.25) is 0 Å². The maximum Gasteiger partial charge on any atom is 0.106 e. The van der Waals surface area contributed by atoms with Crippen LogP contribution in [0.4, 0.5) is 0 Å². The van der Waals surface area contributed by atoms with Gasteiger partial charge in [0.2, 0.25) is 0 Å². The van der Waals surface area contributed by atoms with Crippen molar-refractivity contribution in [2.75, 3.05) is 20.1 Å². The molecule has 0 N–H and O–H groups in total. The first-order valence-corrected chi connectivity index (χ1v) is 5.25. The summed E-state index contributed by atoms with van der Waals surface area (Å²) in [7, 11) is 2.24. The van der Waals surface area contributed by atoms with Crippen molar-refractivity contribution in [2.24, 2.45) is 11.8 Å². The molecule has 0 aromatic heterocycles. The molecule has 2 heteroatoms. The van der Waals surface area contributed by atoms with Crippen molar-refractivity contribution in [3.05, 3.63) is 0 Å². The number of hydrogen-bond donors (Lipinski definition) is 0. The van der Waals surface area contributed by atoms with Gasteiger partial charge in [0.05, 0.1) is 0 Å². The molecule has 2 atom stereocenters. The molecule has 0 aromatic carbocycles. The molecule has 1 saturated heterocycles. The maximum absolute atomic E-state index is 8.00. The highest BCUT2D eigenvalue weighted by atomic mass is 16.1. The average Bonchev–Trinajstić information content (AvgIpc) is 2.20. The quantitative estimate of drug-likeness (QED) is 0.657. The van der Waals surface area contributed by atoms with Crippen molar-refractivity contribution < 1.29 is 4.79 Å². The highest BCUT2D eigenvalue weighted by Crippen LogP contribution is 2.27. The Morgan fingerprint density at radius 3 is 2.23 bits per heavy atom. The third-order valence-electron chi connectivity index (χ3n) is 3.14. The van der Waals surface area contributed by atoms with E-state index in [1.54, 1.807) is 0 Å². The van der Waals surface area contributed by atoms with Crippen molar-refractivity contribution in [3.63, 3.8) is 0 Å². The fraction of sp³-hybridized carbons (Fsp3) is 0.909. The second-order valence-electron chi connectivity index (χ2n) is 3.89. The first-order valence-electron chi connectivity index (χ1n) is 5.25. The molecule has 1 heterocycles. The van der Waals surface area contributed by atoms with Crippen LogP contribution in [-0.4, -0.2) is 31.8 Å². The van der Waals surface area contributed by atoms with Gasteiger partial charge in [-0.05, 0) is 31.8 Å². The van der Waals surface area contributed by atoms with E-state index in [1.807, 2.05) is 6.79 Å². The monoisotopic (exact) mass is 185 g/mol. The molecule has 13 heavy (non-hydrogen) atoms. The Hall–Kier alpha value is -0.370. The SMILES string of the molecule is C=O.CCC1CCN(C)CC1CC. The van der Waals surface area contributed by atoms with Gasteiger partial charge in [-0.25, -0.2) is 0 Å². The molecule has 2 nitrogen and oxygen atoms in total. The van der Waals surface area contributed by atoms with Gasteiger partial charge in [-0.15, -0.1) is 0 Å². The van der Waals surface area contributed by atoms with Crippen LogP contribution in [0, 0.1) is 11.8 Å². The van der Waals surface area contributed by atoms with Crippen LogP contribution < -0.4 is 0 Å². The van der Waals surface area contributed by atoms with Crippen LogP contribution in [0.15, 0.2) is 0 Å².